The third-order valence-electron chi connectivity index (χ3n) is 2.89. The molecule has 0 aromatic heterocycles. The molecule has 2 aromatic rings. The quantitative estimate of drug-likeness (QED) is 0.797. The van der Waals surface area contributed by atoms with Crippen molar-refractivity contribution in [2.24, 2.45) is 0 Å². The lowest BCUT2D eigenvalue weighted by atomic mass is 10.2. The smallest absolute Gasteiger partial charge is 0.262 e. The summed E-state index contributed by atoms with van der Waals surface area (Å²) >= 11 is 0. The molecule has 0 unspecified atom stereocenters. The van der Waals surface area contributed by atoms with Crippen molar-refractivity contribution in [1.29, 1.82) is 0 Å². The van der Waals surface area contributed by atoms with Gasteiger partial charge in [-0.15, -0.1) is 0 Å². The summed E-state index contributed by atoms with van der Waals surface area (Å²) in [6.45, 7) is 1.97. The minimum Gasteiger partial charge on any atom is -0.490 e. The number of nitrogens with one attached hydrogen (secondary N) is 1. The fourth-order valence-electron chi connectivity index (χ4n) is 1.86. The molecule has 120 valence electrons. The summed E-state index contributed by atoms with van der Waals surface area (Å²) in [6, 6.07) is 10.1. The topological polar surface area (TPSA) is 64.6 Å². The van der Waals surface area contributed by atoms with Crippen LogP contribution in [0.5, 0.6) is 11.5 Å². The number of anilines is 1. The van der Waals surface area contributed by atoms with E-state index in [9.17, 15) is 14.0 Å². The van der Waals surface area contributed by atoms with Crippen LogP contribution in [0.3, 0.4) is 0 Å². The van der Waals surface area contributed by atoms with Gasteiger partial charge >= 0.3 is 0 Å². The Bertz CT molecular complexity index is 685. The van der Waals surface area contributed by atoms with Crippen LogP contribution in [-0.4, -0.2) is 25.4 Å². The molecule has 0 spiro atoms. The lowest BCUT2D eigenvalue weighted by Crippen LogP contribution is -2.20. The SMILES string of the molecule is CCOc1cc(C=O)ccc1OCC(=O)Nc1ccc(F)cc1. The van der Waals surface area contributed by atoms with E-state index < -0.39 is 5.91 Å². The average Bonchev–Trinajstić information content (AvgIpc) is 2.56. The van der Waals surface area contributed by atoms with Crippen LogP contribution in [0.2, 0.25) is 0 Å². The van der Waals surface area contributed by atoms with Crippen molar-refractivity contribution >= 4 is 17.9 Å². The molecular formula is C17H16FNO4. The number of carbonyl (C=O) groups is 2. The summed E-state index contributed by atoms with van der Waals surface area (Å²) in [5.41, 5.74) is 0.929. The summed E-state index contributed by atoms with van der Waals surface area (Å²) in [7, 11) is 0. The van der Waals surface area contributed by atoms with Gasteiger partial charge in [0.2, 0.25) is 0 Å². The zero-order chi connectivity index (χ0) is 16.7. The van der Waals surface area contributed by atoms with Gasteiger partial charge in [0.15, 0.2) is 18.1 Å². The van der Waals surface area contributed by atoms with Gasteiger partial charge in [0.1, 0.15) is 12.1 Å². The van der Waals surface area contributed by atoms with Crippen LogP contribution in [0.15, 0.2) is 42.5 Å². The van der Waals surface area contributed by atoms with E-state index in [4.69, 9.17) is 9.47 Å². The molecule has 0 aliphatic heterocycles. The van der Waals surface area contributed by atoms with E-state index in [1.165, 1.54) is 24.3 Å². The van der Waals surface area contributed by atoms with Gasteiger partial charge in [-0.2, -0.15) is 0 Å². The summed E-state index contributed by atoms with van der Waals surface area (Å²) in [5.74, 6) is -0.00668. The monoisotopic (exact) mass is 317 g/mol. The maximum absolute atomic E-state index is 12.8. The van der Waals surface area contributed by atoms with E-state index in [1.54, 1.807) is 25.1 Å². The third-order valence-corrected chi connectivity index (χ3v) is 2.89. The minimum absolute atomic E-state index is 0.238. The number of rotatable bonds is 7. The normalized spacial score (nSPS) is 10.0. The summed E-state index contributed by atoms with van der Waals surface area (Å²) in [6.07, 6.45) is 0.702. The number of hydrogen-bond donors (Lipinski definition) is 1. The van der Waals surface area contributed by atoms with Crippen molar-refractivity contribution < 1.29 is 23.5 Å². The predicted octanol–water partition coefficient (Wildman–Crippen LogP) is 3.05. The molecule has 0 fully saturated rings. The molecule has 0 aliphatic carbocycles. The van der Waals surface area contributed by atoms with E-state index >= 15 is 0 Å². The number of aldehydes is 1. The van der Waals surface area contributed by atoms with Gasteiger partial charge in [0.05, 0.1) is 6.61 Å². The average molecular weight is 317 g/mol. The fraction of sp³-hybridized carbons (Fsp3) is 0.176. The van der Waals surface area contributed by atoms with Crippen LogP contribution < -0.4 is 14.8 Å². The van der Waals surface area contributed by atoms with Crippen molar-refractivity contribution in [1.82, 2.24) is 0 Å². The van der Waals surface area contributed by atoms with Crippen LogP contribution in [-0.2, 0) is 4.79 Å². The molecule has 1 N–H and O–H groups in total. The molecule has 0 saturated carbocycles. The van der Waals surface area contributed by atoms with Crippen LogP contribution in [0.4, 0.5) is 10.1 Å². The Kier molecular flexibility index (Phi) is 5.68. The number of ether oxygens (including phenoxy) is 2. The largest absolute Gasteiger partial charge is 0.490 e. The Hall–Kier alpha value is -2.89. The fourth-order valence-corrected chi connectivity index (χ4v) is 1.86. The van der Waals surface area contributed by atoms with Crippen molar-refractivity contribution in [2.45, 2.75) is 6.92 Å². The molecule has 5 nitrogen and oxygen atoms in total. The predicted molar refractivity (Wildman–Crippen MR) is 83.5 cm³/mol. The van der Waals surface area contributed by atoms with Gasteiger partial charge in [-0.3, -0.25) is 9.59 Å². The Balaban J connectivity index is 1.98. The molecule has 1 amide bonds. The molecule has 0 bridgehead atoms. The third kappa shape index (κ3) is 4.81. The first-order chi connectivity index (χ1) is 11.1. The second kappa shape index (κ2) is 7.93. The van der Waals surface area contributed by atoms with Gasteiger partial charge < -0.3 is 14.8 Å². The van der Waals surface area contributed by atoms with Gasteiger partial charge in [0.25, 0.3) is 5.91 Å². The molecular weight excluding hydrogens is 301 g/mol. The van der Waals surface area contributed by atoms with Crippen molar-refractivity contribution in [3.8, 4) is 11.5 Å². The number of hydrogen-bond acceptors (Lipinski definition) is 4. The lowest BCUT2D eigenvalue weighted by Gasteiger charge is -2.12. The number of carbonyl (C=O) groups excluding carboxylic acids is 2. The van der Waals surface area contributed by atoms with E-state index in [0.717, 1.165) is 0 Å². The highest BCUT2D eigenvalue weighted by molar-refractivity contribution is 5.91. The second-order valence-corrected chi connectivity index (χ2v) is 4.60. The molecule has 6 heteroatoms. The summed E-state index contributed by atoms with van der Waals surface area (Å²) in [4.78, 5) is 22.6. The minimum atomic E-state index is -0.390. The number of halogens is 1. The number of benzene rings is 2. The zero-order valence-electron chi connectivity index (χ0n) is 12.5. The Morgan fingerprint density at radius 1 is 1.13 bits per heavy atom. The Labute approximate surface area is 133 Å². The van der Waals surface area contributed by atoms with Crippen LogP contribution >= 0.6 is 0 Å². The second-order valence-electron chi connectivity index (χ2n) is 4.60. The lowest BCUT2D eigenvalue weighted by molar-refractivity contribution is -0.118. The summed E-state index contributed by atoms with van der Waals surface area (Å²) < 4.78 is 23.6. The molecule has 2 aromatic carbocycles. The zero-order valence-corrected chi connectivity index (χ0v) is 12.5. The Morgan fingerprint density at radius 3 is 2.52 bits per heavy atom. The molecule has 23 heavy (non-hydrogen) atoms. The van der Waals surface area contributed by atoms with Gasteiger partial charge in [-0.25, -0.2) is 4.39 Å². The van der Waals surface area contributed by atoms with Crippen molar-refractivity contribution in [3.05, 3.63) is 53.8 Å². The first-order valence-electron chi connectivity index (χ1n) is 7.02. The van der Waals surface area contributed by atoms with Crippen LogP contribution in [0.1, 0.15) is 17.3 Å². The van der Waals surface area contributed by atoms with E-state index in [0.29, 0.717) is 35.6 Å². The van der Waals surface area contributed by atoms with Crippen molar-refractivity contribution in [3.63, 3.8) is 0 Å². The van der Waals surface area contributed by atoms with Gasteiger partial charge in [0, 0.05) is 11.3 Å². The summed E-state index contributed by atoms with van der Waals surface area (Å²) in [5, 5.41) is 2.59. The Morgan fingerprint density at radius 2 is 1.87 bits per heavy atom. The molecule has 0 heterocycles. The molecule has 0 radical (unpaired) electrons. The van der Waals surface area contributed by atoms with Gasteiger partial charge in [-0.1, -0.05) is 0 Å². The number of amides is 1. The molecule has 0 aliphatic rings. The van der Waals surface area contributed by atoms with E-state index in [1.807, 2.05) is 0 Å². The molecule has 0 saturated heterocycles. The van der Waals surface area contributed by atoms with E-state index in [-0.39, 0.29) is 12.4 Å². The van der Waals surface area contributed by atoms with E-state index in [2.05, 4.69) is 5.32 Å². The van der Waals surface area contributed by atoms with Crippen LogP contribution in [0, 0.1) is 5.82 Å². The first-order valence-corrected chi connectivity index (χ1v) is 7.02. The highest BCUT2D eigenvalue weighted by Crippen LogP contribution is 2.28. The standard InChI is InChI=1S/C17H16FNO4/c1-2-22-16-9-12(10-20)3-8-15(16)23-11-17(21)19-14-6-4-13(18)5-7-14/h3-10H,2,11H2,1H3,(H,19,21). The highest BCUT2D eigenvalue weighted by atomic mass is 19.1. The molecule has 0 atom stereocenters. The van der Waals surface area contributed by atoms with Gasteiger partial charge in [-0.05, 0) is 49.4 Å². The van der Waals surface area contributed by atoms with Crippen molar-refractivity contribution in [2.75, 3.05) is 18.5 Å². The highest BCUT2D eigenvalue weighted by Gasteiger charge is 2.09. The first kappa shape index (κ1) is 16.5. The maximum Gasteiger partial charge on any atom is 0.262 e. The maximum atomic E-state index is 12.8. The molecule has 2 rings (SSSR count). The van der Waals surface area contributed by atoms with Crippen LogP contribution in [0.25, 0.3) is 0 Å².